The van der Waals surface area contributed by atoms with E-state index in [1.165, 1.54) is 0 Å². The van der Waals surface area contributed by atoms with Gasteiger partial charge in [0.15, 0.2) is 0 Å². The number of fused-ring (bicyclic) bond motifs is 1. The molecule has 0 aliphatic heterocycles. The van der Waals surface area contributed by atoms with Crippen LogP contribution in [-0.2, 0) is 11.3 Å². The lowest BCUT2D eigenvalue weighted by Crippen LogP contribution is -2.32. The van der Waals surface area contributed by atoms with Crippen LogP contribution in [0.15, 0.2) is 29.1 Å². The highest BCUT2D eigenvalue weighted by Gasteiger charge is 2.20. The van der Waals surface area contributed by atoms with Crippen molar-refractivity contribution in [2.45, 2.75) is 66.0 Å². The summed E-state index contributed by atoms with van der Waals surface area (Å²) in [5, 5.41) is 2.59. The highest BCUT2D eigenvalue weighted by atomic mass is 16.2. The molecule has 134 valence electrons. The predicted molar refractivity (Wildman–Crippen MR) is 100 cm³/mol. The lowest BCUT2D eigenvalue weighted by Gasteiger charge is -2.17. The molecule has 24 heavy (non-hydrogen) atoms. The maximum absolute atomic E-state index is 12.9. The Morgan fingerprint density at radius 1 is 1.08 bits per heavy atom. The van der Waals surface area contributed by atoms with E-state index in [0.717, 1.165) is 36.7 Å². The van der Waals surface area contributed by atoms with E-state index < -0.39 is 0 Å². The van der Waals surface area contributed by atoms with E-state index >= 15 is 0 Å². The van der Waals surface area contributed by atoms with Crippen molar-refractivity contribution in [3.8, 4) is 0 Å². The molecule has 1 N–H and O–H groups in total. The van der Waals surface area contributed by atoms with Gasteiger partial charge in [-0.2, -0.15) is 0 Å². The monoisotopic (exact) mass is 333 g/mol. The highest BCUT2D eigenvalue weighted by Crippen LogP contribution is 2.24. The topological polar surface area (TPSA) is 56.0 Å². The minimum atomic E-state index is -0.160. The standard InChI is InChI=1S/C17H25N3O2.C2H6/c1-4-8-13(9-5-2)20-15-11-7-6-10-14(15)19(17(20)22)12-16(21)18-3;1-2/h6-7,10-11,13H,4-5,8-9,12H2,1-3H3,(H,18,21);1-2H3. The Balaban J connectivity index is 0.00000139. The number of aromatic nitrogens is 2. The molecule has 0 aliphatic rings. The second-order valence-electron chi connectivity index (χ2n) is 5.63. The van der Waals surface area contributed by atoms with Gasteiger partial charge in [0, 0.05) is 13.1 Å². The number of benzene rings is 1. The molecule has 1 amide bonds. The van der Waals surface area contributed by atoms with Crippen LogP contribution < -0.4 is 11.0 Å². The molecule has 0 spiro atoms. The van der Waals surface area contributed by atoms with Gasteiger partial charge < -0.3 is 5.32 Å². The van der Waals surface area contributed by atoms with Gasteiger partial charge in [0.1, 0.15) is 6.54 Å². The third kappa shape index (κ3) is 4.28. The second kappa shape index (κ2) is 9.96. The van der Waals surface area contributed by atoms with E-state index in [9.17, 15) is 9.59 Å². The van der Waals surface area contributed by atoms with E-state index in [1.807, 2.05) is 42.7 Å². The molecule has 0 saturated carbocycles. The van der Waals surface area contributed by atoms with Gasteiger partial charge in [-0.05, 0) is 25.0 Å². The summed E-state index contributed by atoms with van der Waals surface area (Å²) in [6, 6.07) is 7.91. The average Bonchev–Trinajstić information content (AvgIpc) is 2.88. The fourth-order valence-electron chi connectivity index (χ4n) is 3.03. The minimum Gasteiger partial charge on any atom is -0.358 e. The van der Waals surface area contributed by atoms with Crippen molar-refractivity contribution in [2.75, 3.05) is 7.05 Å². The van der Waals surface area contributed by atoms with Crippen LogP contribution in [0, 0.1) is 0 Å². The third-order valence-corrected chi connectivity index (χ3v) is 4.06. The first kappa shape index (κ1) is 20.0. The number of likely N-dealkylation sites (N-methyl/N-ethyl adjacent to an activating group) is 1. The van der Waals surface area contributed by atoms with Crippen LogP contribution in [0.4, 0.5) is 0 Å². The van der Waals surface area contributed by atoms with Crippen LogP contribution in [0.25, 0.3) is 11.0 Å². The zero-order chi connectivity index (χ0) is 18.1. The molecule has 1 aromatic heterocycles. The largest absolute Gasteiger partial charge is 0.358 e. The van der Waals surface area contributed by atoms with Crippen LogP contribution in [0.5, 0.6) is 0 Å². The van der Waals surface area contributed by atoms with Gasteiger partial charge in [0.2, 0.25) is 5.91 Å². The summed E-state index contributed by atoms with van der Waals surface area (Å²) in [5.41, 5.74) is 1.66. The zero-order valence-corrected chi connectivity index (χ0v) is 15.6. The van der Waals surface area contributed by atoms with E-state index in [4.69, 9.17) is 0 Å². The Morgan fingerprint density at radius 3 is 2.12 bits per heavy atom. The minimum absolute atomic E-state index is 0.0633. The van der Waals surface area contributed by atoms with Crippen LogP contribution in [-0.4, -0.2) is 22.1 Å². The lowest BCUT2D eigenvalue weighted by atomic mass is 10.1. The molecule has 2 aromatic rings. The van der Waals surface area contributed by atoms with Gasteiger partial charge in [-0.3, -0.25) is 13.9 Å². The lowest BCUT2D eigenvalue weighted by molar-refractivity contribution is -0.121. The number of carbonyl (C=O) groups excluding carboxylic acids is 1. The summed E-state index contributed by atoms with van der Waals surface area (Å²) in [7, 11) is 1.59. The molecule has 0 radical (unpaired) electrons. The zero-order valence-electron chi connectivity index (χ0n) is 15.6. The number of nitrogens with one attached hydrogen (secondary N) is 1. The van der Waals surface area contributed by atoms with Crippen molar-refractivity contribution >= 4 is 16.9 Å². The molecule has 0 fully saturated rings. The van der Waals surface area contributed by atoms with E-state index in [0.29, 0.717) is 0 Å². The van der Waals surface area contributed by atoms with Gasteiger partial charge in [-0.15, -0.1) is 0 Å². The average molecular weight is 333 g/mol. The summed E-state index contributed by atoms with van der Waals surface area (Å²) in [6.07, 6.45) is 4.02. The van der Waals surface area contributed by atoms with Crippen molar-refractivity contribution < 1.29 is 4.79 Å². The Morgan fingerprint density at radius 2 is 1.62 bits per heavy atom. The van der Waals surface area contributed by atoms with E-state index in [1.54, 1.807) is 11.6 Å². The van der Waals surface area contributed by atoms with Crippen molar-refractivity contribution in [3.05, 3.63) is 34.7 Å². The second-order valence-corrected chi connectivity index (χ2v) is 5.63. The summed E-state index contributed by atoms with van der Waals surface area (Å²) in [6.45, 7) is 8.34. The quantitative estimate of drug-likeness (QED) is 0.839. The molecule has 0 atom stereocenters. The van der Waals surface area contributed by atoms with Gasteiger partial charge >= 0.3 is 5.69 Å². The smallest absolute Gasteiger partial charge is 0.329 e. The van der Waals surface area contributed by atoms with Crippen LogP contribution >= 0.6 is 0 Å². The third-order valence-electron chi connectivity index (χ3n) is 4.06. The molecule has 1 heterocycles. The van der Waals surface area contributed by atoms with Crippen molar-refractivity contribution in [2.24, 2.45) is 0 Å². The molecular formula is C19H31N3O2. The summed E-state index contributed by atoms with van der Waals surface area (Å²) in [5.74, 6) is -0.160. The molecule has 1 aromatic carbocycles. The van der Waals surface area contributed by atoms with Gasteiger partial charge in [-0.25, -0.2) is 4.79 Å². The maximum atomic E-state index is 12.9. The molecule has 2 rings (SSSR count). The van der Waals surface area contributed by atoms with Crippen LogP contribution in [0.3, 0.4) is 0 Å². The fraction of sp³-hybridized carbons (Fsp3) is 0.579. The first-order valence-corrected chi connectivity index (χ1v) is 9.04. The number of nitrogens with zero attached hydrogens (tertiary/aromatic N) is 2. The van der Waals surface area contributed by atoms with E-state index in [2.05, 4.69) is 19.2 Å². The van der Waals surface area contributed by atoms with Crippen molar-refractivity contribution in [1.29, 1.82) is 0 Å². The number of imidazole rings is 1. The van der Waals surface area contributed by atoms with Gasteiger partial charge in [0.05, 0.1) is 11.0 Å². The number of amides is 1. The number of para-hydroxylation sites is 2. The molecule has 0 saturated heterocycles. The summed E-state index contributed by atoms with van der Waals surface area (Å²) < 4.78 is 3.46. The molecule has 0 bridgehead atoms. The SMILES string of the molecule is CC.CCCC(CCC)n1c(=O)n(CC(=O)NC)c2ccccc21. The van der Waals surface area contributed by atoms with Gasteiger partial charge in [-0.1, -0.05) is 52.7 Å². The first-order chi connectivity index (χ1) is 11.6. The van der Waals surface area contributed by atoms with Crippen LogP contribution in [0.2, 0.25) is 0 Å². The maximum Gasteiger partial charge on any atom is 0.329 e. The van der Waals surface area contributed by atoms with Crippen LogP contribution in [0.1, 0.15) is 59.4 Å². The Hall–Kier alpha value is -2.04. The molecule has 5 heteroatoms. The number of hydrogen-bond acceptors (Lipinski definition) is 2. The predicted octanol–water partition coefficient (Wildman–Crippen LogP) is 3.72. The Kier molecular flexibility index (Phi) is 8.30. The number of carbonyl (C=O) groups is 1. The molecule has 5 nitrogen and oxygen atoms in total. The van der Waals surface area contributed by atoms with Gasteiger partial charge in [0.25, 0.3) is 0 Å². The Bertz CT molecular complexity index is 694. The summed E-state index contributed by atoms with van der Waals surface area (Å²) >= 11 is 0. The highest BCUT2D eigenvalue weighted by molar-refractivity contribution is 5.80. The molecular weight excluding hydrogens is 302 g/mol. The van der Waals surface area contributed by atoms with Crippen molar-refractivity contribution in [1.82, 2.24) is 14.5 Å². The molecule has 0 aliphatic carbocycles. The first-order valence-electron chi connectivity index (χ1n) is 9.04. The number of rotatable bonds is 7. The fourth-order valence-corrected chi connectivity index (χ4v) is 3.03. The normalized spacial score (nSPS) is 10.6. The Labute approximate surface area is 144 Å². The number of hydrogen-bond donors (Lipinski definition) is 1. The molecule has 0 unspecified atom stereocenters. The summed E-state index contributed by atoms with van der Waals surface area (Å²) in [4.78, 5) is 24.6. The van der Waals surface area contributed by atoms with Crippen molar-refractivity contribution in [3.63, 3.8) is 0 Å². The van der Waals surface area contributed by atoms with E-state index in [-0.39, 0.29) is 24.2 Å².